The van der Waals surface area contributed by atoms with E-state index in [1.165, 1.54) is 6.26 Å². The summed E-state index contributed by atoms with van der Waals surface area (Å²) in [6, 6.07) is 27.5. The molecule has 4 aromatic rings. The summed E-state index contributed by atoms with van der Waals surface area (Å²) < 4.78 is 5.28. The minimum absolute atomic E-state index is 0.205. The third-order valence-corrected chi connectivity index (χ3v) is 5.38. The largest absolute Gasteiger partial charge is 0.467 e. The van der Waals surface area contributed by atoms with Crippen molar-refractivity contribution in [1.29, 1.82) is 0 Å². The molecule has 3 aromatic carbocycles. The van der Waals surface area contributed by atoms with Crippen molar-refractivity contribution in [3.8, 4) is 0 Å². The van der Waals surface area contributed by atoms with Crippen LogP contribution in [0.25, 0.3) is 0 Å². The molecule has 7 nitrogen and oxygen atoms in total. The Hall–Kier alpha value is -4.65. The second-order valence-electron chi connectivity index (χ2n) is 7.88. The molecule has 35 heavy (non-hydrogen) atoms. The van der Waals surface area contributed by atoms with Crippen molar-refractivity contribution in [2.75, 3.05) is 5.32 Å². The predicted molar refractivity (Wildman–Crippen MR) is 133 cm³/mol. The van der Waals surface area contributed by atoms with Crippen molar-refractivity contribution in [3.63, 3.8) is 0 Å². The molecule has 0 unspecified atom stereocenters. The van der Waals surface area contributed by atoms with E-state index < -0.39 is 11.9 Å². The minimum Gasteiger partial charge on any atom is -0.467 e. The Labute approximate surface area is 203 Å². The first-order valence-corrected chi connectivity index (χ1v) is 11.2. The molecule has 4 rings (SSSR count). The van der Waals surface area contributed by atoms with E-state index in [1.807, 2.05) is 36.4 Å². The van der Waals surface area contributed by atoms with Crippen molar-refractivity contribution in [2.45, 2.75) is 19.0 Å². The zero-order valence-electron chi connectivity index (χ0n) is 18.9. The van der Waals surface area contributed by atoms with Crippen LogP contribution in [0.5, 0.6) is 0 Å². The molecule has 0 bridgehead atoms. The summed E-state index contributed by atoms with van der Waals surface area (Å²) in [4.78, 5) is 38.9. The van der Waals surface area contributed by atoms with Crippen molar-refractivity contribution < 1.29 is 18.8 Å². The number of para-hydroxylation sites is 1. The molecule has 0 aliphatic rings. The van der Waals surface area contributed by atoms with Crippen LogP contribution in [0, 0.1) is 0 Å². The van der Waals surface area contributed by atoms with Gasteiger partial charge < -0.3 is 20.4 Å². The van der Waals surface area contributed by atoms with Crippen molar-refractivity contribution >= 4 is 23.4 Å². The molecular weight excluding hydrogens is 442 g/mol. The van der Waals surface area contributed by atoms with Crippen LogP contribution in [0.3, 0.4) is 0 Å². The number of hydrogen-bond donors (Lipinski definition) is 3. The number of benzene rings is 3. The molecule has 7 heteroatoms. The maximum atomic E-state index is 13.3. The second-order valence-corrected chi connectivity index (χ2v) is 7.88. The zero-order valence-corrected chi connectivity index (χ0v) is 18.9. The Morgan fingerprint density at radius 2 is 1.43 bits per heavy atom. The molecule has 0 saturated heterocycles. The summed E-state index contributed by atoms with van der Waals surface area (Å²) in [5.74, 6) is -0.535. The van der Waals surface area contributed by atoms with Gasteiger partial charge in [-0.15, -0.1) is 0 Å². The number of anilines is 1. The first kappa shape index (κ1) is 23.5. The molecule has 3 amide bonds. The van der Waals surface area contributed by atoms with E-state index in [0.29, 0.717) is 23.4 Å². The van der Waals surface area contributed by atoms with E-state index in [2.05, 4.69) is 16.0 Å². The lowest BCUT2D eigenvalue weighted by Crippen LogP contribution is -2.48. The van der Waals surface area contributed by atoms with Crippen LogP contribution < -0.4 is 16.0 Å². The summed E-state index contributed by atoms with van der Waals surface area (Å²) in [6.07, 6.45) is 1.83. The Bertz CT molecular complexity index is 1270. The van der Waals surface area contributed by atoms with Gasteiger partial charge in [0.15, 0.2) is 0 Å². The lowest BCUT2D eigenvalue weighted by Gasteiger charge is -2.19. The fourth-order valence-corrected chi connectivity index (χ4v) is 3.58. The molecule has 0 spiro atoms. The highest BCUT2D eigenvalue weighted by Crippen LogP contribution is 2.17. The van der Waals surface area contributed by atoms with Gasteiger partial charge in [-0.25, -0.2) is 0 Å². The van der Waals surface area contributed by atoms with E-state index in [1.54, 1.807) is 60.7 Å². The fourth-order valence-electron chi connectivity index (χ4n) is 3.58. The topological polar surface area (TPSA) is 100 Å². The molecule has 0 saturated carbocycles. The lowest BCUT2D eigenvalue weighted by atomic mass is 10.0. The Morgan fingerprint density at radius 1 is 0.743 bits per heavy atom. The molecule has 1 aromatic heterocycles. The number of furan rings is 1. The van der Waals surface area contributed by atoms with Crippen LogP contribution in [-0.2, 0) is 17.8 Å². The van der Waals surface area contributed by atoms with Gasteiger partial charge in [0.2, 0.25) is 5.91 Å². The lowest BCUT2D eigenvalue weighted by molar-refractivity contribution is -0.123. The van der Waals surface area contributed by atoms with E-state index in [9.17, 15) is 14.4 Å². The van der Waals surface area contributed by atoms with E-state index in [0.717, 1.165) is 5.56 Å². The van der Waals surface area contributed by atoms with Gasteiger partial charge in [-0.1, -0.05) is 60.7 Å². The average Bonchev–Trinajstić information content (AvgIpc) is 3.42. The zero-order chi connectivity index (χ0) is 24.5. The normalized spacial score (nSPS) is 11.3. The van der Waals surface area contributed by atoms with Gasteiger partial charge in [0, 0.05) is 12.0 Å². The van der Waals surface area contributed by atoms with Gasteiger partial charge in [-0.2, -0.15) is 0 Å². The Balaban J connectivity index is 1.51. The molecule has 1 atom stereocenters. The highest BCUT2D eigenvalue weighted by Gasteiger charge is 2.23. The summed E-state index contributed by atoms with van der Waals surface area (Å²) >= 11 is 0. The number of carbonyl (C=O) groups is 3. The number of rotatable bonds is 9. The van der Waals surface area contributed by atoms with E-state index in [4.69, 9.17) is 4.42 Å². The van der Waals surface area contributed by atoms with Crippen LogP contribution >= 0.6 is 0 Å². The van der Waals surface area contributed by atoms with Crippen molar-refractivity contribution in [2.24, 2.45) is 0 Å². The molecule has 0 fully saturated rings. The van der Waals surface area contributed by atoms with Crippen LogP contribution in [0.1, 0.15) is 32.0 Å². The summed E-state index contributed by atoms with van der Waals surface area (Å²) in [7, 11) is 0. The maximum absolute atomic E-state index is 13.3. The number of nitrogens with one attached hydrogen (secondary N) is 3. The predicted octanol–water partition coefficient (Wildman–Crippen LogP) is 4.19. The summed E-state index contributed by atoms with van der Waals surface area (Å²) in [5, 5.41) is 8.44. The van der Waals surface area contributed by atoms with Crippen LogP contribution in [0.15, 0.2) is 108 Å². The molecule has 0 radical (unpaired) electrons. The Kier molecular flexibility index (Phi) is 7.70. The van der Waals surface area contributed by atoms with Gasteiger partial charge in [0.1, 0.15) is 11.8 Å². The fraction of sp³-hybridized carbons (Fsp3) is 0.107. The summed E-state index contributed by atoms with van der Waals surface area (Å²) in [6.45, 7) is 0.205. The third kappa shape index (κ3) is 6.45. The third-order valence-electron chi connectivity index (χ3n) is 5.38. The Morgan fingerprint density at radius 3 is 2.14 bits per heavy atom. The van der Waals surface area contributed by atoms with Gasteiger partial charge in [0.05, 0.1) is 24.1 Å². The highest BCUT2D eigenvalue weighted by atomic mass is 16.3. The molecule has 1 heterocycles. The average molecular weight is 468 g/mol. The number of amides is 3. The van der Waals surface area contributed by atoms with E-state index >= 15 is 0 Å². The van der Waals surface area contributed by atoms with E-state index in [-0.39, 0.29) is 23.9 Å². The maximum Gasteiger partial charge on any atom is 0.255 e. The van der Waals surface area contributed by atoms with Gasteiger partial charge in [0.25, 0.3) is 11.8 Å². The van der Waals surface area contributed by atoms with Crippen molar-refractivity contribution in [3.05, 3.63) is 126 Å². The highest BCUT2D eigenvalue weighted by molar-refractivity contribution is 6.09. The smallest absolute Gasteiger partial charge is 0.255 e. The first-order chi connectivity index (χ1) is 17.1. The van der Waals surface area contributed by atoms with Crippen LogP contribution in [0.4, 0.5) is 5.69 Å². The monoisotopic (exact) mass is 467 g/mol. The molecule has 0 aliphatic carbocycles. The summed E-state index contributed by atoms with van der Waals surface area (Å²) in [5.41, 5.74) is 1.99. The van der Waals surface area contributed by atoms with Crippen LogP contribution in [-0.4, -0.2) is 23.8 Å². The minimum atomic E-state index is -0.835. The van der Waals surface area contributed by atoms with Crippen LogP contribution in [0.2, 0.25) is 0 Å². The standard InChI is InChI=1S/C28H25N3O4/c32-26(21-12-5-2-6-13-21)30-24-16-8-7-15-23(24)27(33)31-25(18-20-10-3-1-4-11-20)28(34)29-19-22-14-9-17-35-22/h1-17,25H,18-19H2,(H,29,34)(H,30,32)(H,31,33)/t25-/m1/s1. The number of hydrogen-bond acceptors (Lipinski definition) is 4. The molecule has 176 valence electrons. The van der Waals surface area contributed by atoms with Crippen molar-refractivity contribution in [1.82, 2.24) is 10.6 Å². The second kappa shape index (κ2) is 11.5. The molecule has 0 aliphatic heterocycles. The first-order valence-electron chi connectivity index (χ1n) is 11.2. The molecule has 3 N–H and O–H groups in total. The van der Waals surface area contributed by atoms with Gasteiger partial charge in [-0.05, 0) is 42.0 Å². The van der Waals surface area contributed by atoms with Gasteiger partial charge >= 0.3 is 0 Å². The SMILES string of the molecule is O=C(Nc1ccccc1C(=O)N[C@H](Cc1ccccc1)C(=O)NCc1ccco1)c1ccccc1. The quantitative estimate of drug-likeness (QED) is 0.344. The number of carbonyl (C=O) groups excluding carboxylic acids is 3. The van der Waals surface area contributed by atoms with Gasteiger partial charge in [-0.3, -0.25) is 14.4 Å². The molecular formula is C28H25N3O4.